The van der Waals surface area contributed by atoms with Crippen LogP contribution in [0.15, 0.2) is 41.8 Å². The Hall–Kier alpha value is -3.13. The Morgan fingerprint density at radius 3 is 2.50 bits per heavy atom. The molecule has 3 rings (SSSR count). The Labute approximate surface area is 179 Å². The molecule has 0 spiro atoms. The molecule has 1 amide bonds. The highest BCUT2D eigenvalue weighted by Gasteiger charge is 2.28. The number of hydrogen-bond donors (Lipinski definition) is 1. The number of hydrogen-bond acceptors (Lipinski definition) is 6. The number of nitrogens with one attached hydrogen (secondary N) is 1. The second kappa shape index (κ2) is 8.71. The van der Waals surface area contributed by atoms with Crippen molar-refractivity contribution >= 4 is 28.4 Å². The quantitative estimate of drug-likeness (QED) is 0.569. The summed E-state index contributed by atoms with van der Waals surface area (Å²) in [6.45, 7) is 7.40. The van der Waals surface area contributed by atoms with Gasteiger partial charge in [0.25, 0.3) is 0 Å². The van der Waals surface area contributed by atoms with Crippen LogP contribution in [-0.4, -0.2) is 27.4 Å². The lowest BCUT2D eigenvalue weighted by atomic mass is 10.1. The fourth-order valence-electron chi connectivity index (χ4n) is 2.88. The molecule has 0 aliphatic heterocycles. The number of rotatable bonds is 5. The Balaban J connectivity index is 1.87. The molecular weight excluding hydrogens is 402 g/mol. The lowest BCUT2D eigenvalue weighted by Crippen LogP contribution is -2.25. The zero-order valence-corrected chi connectivity index (χ0v) is 18.5. The summed E-state index contributed by atoms with van der Waals surface area (Å²) in [5.74, 6) is -0.518. The molecule has 8 heteroatoms. The molecule has 0 radical (unpaired) electrons. The number of aromatic nitrogens is 2. The van der Waals surface area contributed by atoms with Gasteiger partial charge < -0.3 is 9.47 Å². The van der Waals surface area contributed by atoms with Gasteiger partial charge in [0.15, 0.2) is 0 Å². The number of carbonyl (C=O) groups is 2. The van der Waals surface area contributed by atoms with E-state index in [9.17, 15) is 9.59 Å². The van der Waals surface area contributed by atoms with Crippen molar-refractivity contribution < 1.29 is 19.1 Å². The van der Waals surface area contributed by atoms with Gasteiger partial charge in [0.2, 0.25) is 0 Å². The van der Waals surface area contributed by atoms with Crippen LogP contribution >= 0.6 is 11.3 Å². The topological polar surface area (TPSA) is 82.5 Å². The number of amides is 1. The van der Waals surface area contributed by atoms with Crippen molar-refractivity contribution in [3.05, 3.63) is 58.6 Å². The van der Waals surface area contributed by atoms with E-state index in [1.807, 2.05) is 48.7 Å². The van der Waals surface area contributed by atoms with Gasteiger partial charge in [0, 0.05) is 18.0 Å². The highest BCUT2D eigenvalue weighted by molar-refractivity contribution is 7.15. The van der Waals surface area contributed by atoms with Crippen LogP contribution in [0.4, 0.5) is 9.80 Å². The molecular formula is C22H25N3O4S. The molecule has 0 unspecified atom stereocenters. The van der Waals surface area contributed by atoms with Crippen molar-refractivity contribution in [2.45, 2.75) is 39.9 Å². The number of thiophene rings is 1. The van der Waals surface area contributed by atoms with Crippen molar-refractivity contribution in [1.29, 1.82) is 0 Å². The van der Waals surface area contributed by atoms with Crippen molar-refractivity contribution in [2.75, 3.05) is 5.32 Å². The normalized spacial score (nSPS) is 11.2. The van der Waals surface area contributed by atoms with E-state index in [2.05, 4.69) is 10.4 Å². The van der Waals surface area contributed by atoms with Gasteiger partial charge in [0.05, 0.1) is 11.4 Å². The van der Waals surface area contributed by atoms with Crippen molar-refractivity contribution in [2.24, 2.45) is 7.05 Å². The molecule has 158 valence electrons. The first-order valence-electron chi connectivity index (χ1n) is 9.47. The number of esters is 1. The Kier molecular flexibility index (Phi) is 6.26. The van der Waals surface area contributed by atoms with Gasteiger partial charge >= 0.3 is 12.1 Å². The summed E-state index contributed by atoms with van der Waals surface area (Å²) in [4.78, 5) is 25.3. The highest BCUT2D eigenvalue weighted by atomic mass is 32.1. The third-order valence-corrected chi connectivity index (χ3v) is 5.00. The number of benzene rings is 1. The van der Waals surface area contributed by atoms with Gasteiger partial charge in [0.1, 0.15) is 22.8 Å². The largest absolute Gasteiger partial charge is 0.456 e. The lowest BCUT2D eigenvalue weighted by Gasteiger charge is -2.20. The van der Waals surface area contributed by atoms with E-state index in [1.54, 1.807) is 32.5 Å². The van der Waals surface area contributed by atoms with Gasteiger partial charge in [-0.15, -0.1) is 11.3 Å². The predicted molar refractivity (Wildman–Crippen MR) is 117 cm³/mol. The number of aryl methyl sites for hydroxylation is 2. The molecule has 0 aliphatic rings. The summed E-state index contributed by atoms with van der Waals surface area (Å²) in [6.07, 6.45) is -0.641. The molecule has 2 heterocycles. The molecule has 7 nitrogen and oxygen atoms in total. The Morgan fingerprint density at radius 1 is 1.20 bits per heavy atom. The number of ether oxygens (including phenoxy) is 2. The van der Waals surface area contributed by atoms with Crippen molar-refractivity contribution in [3.63, 3.8) is 0 Å². The summed E-state index contributed by atoms with van der Waals surface area (Å²) >= 11 is 1.24. The molecule has 0 saturated heterocycles. The molecule has 1 N–H and O–H groups in total. The van der Waals surface area contributed by atoms with E-state index < -0.39 is 17.7 Å². The van der Waals surface area contributed by atoms with Crippen LogP contribution < -0.4 is 5.32 Å². The molecule has 0 fully saturated rings. The Bertz CT molecular complexity index is 1050. The van der Waals surface area contributed by atoms with E-state index in [4.69, 9.17) is 9.47 Å². The SMILES string of the molecule is Cc1cc(-c2csc(NC(=O)OCc3ccccc3)c2C(=O)OC(C)(C)C)n(C)n1. The second-order valence-electron chi connectivity index (χ2n) is 7.84. The smallest absolute Gasteiger partial charge is 0.412 e. The van der Waals surface area contributed by atoms with Crippen LogP contribution in [0.5, 0.6) is 0 Å². The molecule has 2 aromatic heterocycles. The average Bonchev–Trinajstić information content (AvgIpc) is 3.21. The van der Waals surface area contributed by atoms with Gasteiger partial charge in [-0.1, -0.05) is 30.3 Å². The minimum Gasteiger partial charge on any atom is -0.456 e. The molecule has 1 aromatic carbocycles. The predicted octanol–water partition coefficient (Wildman–Crippen LogP) is 5.16. The third-order valence-electron chi connectivity index (χ3n) is 4.10. The van der Waals surface area contributed by atoms with E-state index in [0.29, 0.717) is 10.6 Å². The number of nitrogens with zero attached hydrogens (tertiary/aromatic N) is 2. The summed E-state index contributed by atoms with van der Waals surface area (Å²) in [6, 6.07) is 11.3. The fraction of sp³-hybridized carbons (Fsp3) is 0.318. The van der Waals surface area contributed by atoms with E-state index in [1.165, 1.54) is 11.3 Å². The van der Waals surface area contributed by atoms with Crippen molar-refractivity contribution in [3.8, 4) is 11.3 Å². The molecule has 30 heavy (non-hydrogen) atoms. The maximum atomic E-state index is 13.0. The average molecular weight is 428 g/mol. The first-order valence-corrected chi connectivity index (χ1v) is 10.4. The van der Waals surface area contributed by atoms with Gasteiger partial charge in [-0.05, 0) is 39.3 Å². The van der Waals surface area contributed by atoms with E-state index >= 15 is 0 Å². The first-order chi connectivity index (χ1) is 14.1. The lowest BCUT2D eigenvalue weighted by molar-refractivity contribution is 0.00721. The van der Waals surface area contributed by atoms with E-state index in [0.717, 1.165) is 17.0 Å². The van der Waals surface area contributed by atoms with Gasteiger partial charge in [-0.25, -0.2) is 9.59 Å². The maximum absolute atomic E-state index is 13.0. The molecule has 0 bridgehead atoms. The highest BCUT2D eigenvalue weighted by Crippen LogP contribution is 2.37. The molecule has 0 saturated carbocycles. The minimum absolute atomic E-state index is 0.133. The minimum atomic E-state index is -0.677. The molecule has 0 aliphatic carbocycles. The van der Waals surface area contributed by atoms with Crippen LogP contribution in [0.1, 0.15) is 42.4 Å². The van der Waals surface area contributed by atoms with Crippen LogP contribution in [0.2, 0.25) is 0 Å². The summed E-state index contributed by atoms with van der Waals surface area (Å²) in [7, 11) is 1.81. The zero-order valence-electron chi connectivity index (χ0n) is 17.7. The maximum Gasteiger partial charge on any atom is 0.412 e. The standard InChI is InChI=1S/C22H25N3O4S/c1-14-11-17(25(5)24-14)16-13-30-19(18(16)20(26)29-22(2,3)4)23-21(27)28-12-15-9-7-6-8-10-15/h6-11,13H,12H2,1-5H3,(H,23,27). The molecule has 3 aromatic rings. The number of anilines is 1. The fourth-order valence-corrected chi connectivity index (χ4v) is 3.81. The van der Waals surface area contributed by atoms with Crippen LogP contribution in [0.3, 0.4) is 0 Å². The second-order valence-corrected chi connectivity index (χ2v) is 8.72. The van der Waals surface area contributed by atoms with E-state index in [-0.39, 0.29) is 12.2 Å². The van der Waals surface area contributed by atoms with Crippen LogP contribution in [0, 0.1) is 6.92 Å². The van der Waals surface area contributed by atoms with Gasteiger partial charge in [-0.3, -0.25) is 10.00 Å². The van der Waals surface area contributed by atoms with Crippen molar-refractivity contribution in [1.82, 2.24) is 9.78 Å². The number of carbonyl (C=O) groups excluding carboxylic acids is 2. The summed E-state index contributed by atoms with van der Waals surface area (Å²) in [5.41, 5.74) is 2.72. The molecule has 0 atom stereocenters. The first kappa shape index (κ1) is 21.6. The van der Waals surface area contributed by atoms with Crippen LogP contribution in [0.25, 0.3) is 11.3 Å². The summed E-state index contributed by atoms with van der Waals surface area (Å²) < 4.78 is 12.6. The Morgan fingerprint density at radius 2 is 1.90 bits per heavy atom. The monoisotopic (exact) mass is 427 g/mol. The third kappa shape index (κ3) is 5.27. The zero-order chi connectivity index (χ0) is 21.9. The summed E-state index contributed by atoms with van der Waals surface area (Å²) in [5, 5.41) is 9.22. The van der Waals surface area contributed by atoms with Gasteiger partial charge in [-0.2, -0.15) is 5.10 Å². The van der Waals surface area contributed by atoms with Crippen LogP contribution in [-0.2, 0) is 23.1 Å².